The second kappa shape index (κ2) is 6.10. The van der Waals surface area contributed by atoms with Gasteiger partial charge in [-0.05, 0) is 87.3 Å². The lowest BCUT2D eigenvalue weighted by molar-refractivity contribution is 1.24. The molecule has 35 heavy (non-hydrogen) atoms. The van der Waals surface area contributed by atoms with E-state index in [0.717, 1.165) is 51.3 Å². The van der Waals surface area contributed by atoms with Crippen LogP contribution in [0.15, 0.2) is 85.3 Å². The van der Waals surface area contributed by atoms with Gasteiger partial charge in [-0.3, -0.25) is 14.4 Å². The molecule has 9 rings (SSSR count). The van der Waals surface area contributed by atoms with Crippen molar-refractivity contribution in [2.75, 3.05) is 0 Å². The maximum atomic E-state index is 5.26. The van der Waals surface area contributed by atoms with E-state index in [0.29, 0.717) is 0 Å². The predicted octanol–water partition coefficient (Wildman–Crippen LogP) is 6.73. The largest absolute Gasteiger partial charge is 0.290 e. The van der Waals surface area contributed by atoms with Crippen molar-refractivity contribution in [1.29, 1.82) is 0 Å². The van der Waals surface area contributed by atoms with Gasteiger partial charge in [0.1, 0.15) is 5.65 Å². The Morgan fingerprint density at radius 1 is 0.629 bits per heavy atom. The SMILES string of the molecule is c1ccc2c(c1)Cc1cc3c(cc1-2)Cc1c-3ccc2c1nc1c3cnccc3c3ncccc3n21. The number of nitrogens with zero attached hydrogens (tertiary/aromatic N) is 4. The van der Waals surface area contributed by atoms with E-state index in [1.165, 1.54) is 44.5 Å². The van der Waals surface area contributed by atoms with Crippen LogP contribution in [-0.4, -0.2) is 19.4 Å². The van der Waals surface area contributed by atoms with Gasteiger partial charge in [0.25, 0.3) is 0 Å². The van der Waals surface area contributed by atoms with Crippen LogP contribution < -0.4 is 0 Å². The molecule has 0 N–H and O–H groups in total. The molecule has 0 aliphatic heterocycles. The van der Waals surface area contributed by atoms with Crippen molar-refractivity contribution < 1.29 is 0 Å². The minimum absolute atomic E-state index is 0.910. The van der Waals surface area contributed by atoms with E-state index < -0.39 is 0 Å². The second-order valence-corrected chi connectivity index (χ2v) is 9.70. The van der Waals surface area contributed by atoms with Crippen molar-refractivity contribution in [2.24, 2.45) is 0 Å². The lowest BCUT2D eigenvalue weighted by atomic mass is 9.98. The van der Waals surface area contributed by atoms with Crippen LogP contribution in [0.2, 0.25) is 0 Å². The normalized spacial score (nSPS) is 13.5. The van der Waals surface area contributed by atoms with Gasteiger partial charge in [0.15, 0.2) is 0 Å². The van der Waals surface area contributed by atoms with Gasteiger partial charge in [-0.1, -0.05) is 30.3 Å². The summed E-state index contributed by atoms with van der Waals surface area (Å²) in [5, 5.41) is 2.13. The highest BCUT2D eigenvalue weighted by molar-refractivity contribution is 6.12. The van der Waals surface area contributed by atoms with E-state index in [9.17, 15) is 0 Å². The number of benzene rings is 3. The van der Waals surface area contributed by atoms with Crippen LogP contribution in [-0.2, 0) is 12.8 Å². The molecule has 3 aromatic carbocycles. The number of imidazole rings is 1. The van der Waals surface area contributed by atoms with E-state index in [1.54, 1.807) is 0 Å². The van der Waals surface area contributed by atoms with Gasteiger partial charge >= 0.3 is 0 Å². The molecule has 4 aromatic heterocycles. The molecule has 2 aliphatic rings. The van der Waals surface area contributed by atoms with E-state index in [4.69, 9.17) is 9.97 Å². The molecule has 0 fully saturated rings. The van der Waals surface area contributed by atoms with E-state index in [1.807, 2.05) is 30.7 Å². The summed E-state index contributed by atoms with van der Waals surface area (Å²) in [7, 11) is 0. The van der Waals surface area contributed by atoms with E-state index in [-0.39, 0.29) is 0 Å². The Hall–Kier alpha value is -4.57. The van der Waals surface area contributed by atoms with Crippen LogP contribution in [0.5, 0.6) is 0 Å². The number of fused-ring (bicyclic) bond motifs is 15. The maximum absolute atomic E-state index is 5.26. The molecule has 4 nitrogen and oxygen atoms in total. The monoisotopic (exact) mass is 446 g/mol. The Bertz CT molecular complexity index is 2070. The third-order valence-corrected chi connectivity index (χ3v) is 7.95. The van der Waals surface area contributed by atoms with Gasteiger partial charge in [0.05, 0.1) is 22.1 Å². The minimum Gasteiger partial charge on any atom is -0.290 e. The standard InChI is InChI=1S/C31H18N4/c1-2-5-20-17(4-1)12-18-13-24-19(14-23(18)20)15-25-21(24)7-8-28-30(25)34-31-26-16-32-11-9-22(26)29-27(35(28)31)6-3-10-33-29/h1-11,13-14,16H,12,15H2. The predicted molar refractivity (Wildman–Crippen MR) is 140 cm³/mol. The van der Waals surface area contributed by atoms with Crippen LogP contribution >= 0.6 is 0 Å². The first-order valence-electron chi connectivity index (χ1n) is 12.0. The summed E-state index contributed by atoms with van der Waals surface area (Å²) < 4.78 is 2.27. The zero-order chi connectivity index (χ0) is 22.7. The van der Waals surface area contributed by atoms with Crippen LogP contribution in [0.1, 0.15) is 22.3 Å². The molecule has 4 heteroatoms. The van der Waals surface area contributed by atoms with Gasteiger partial charge < -0.3 is 0 Å². The Balaban J connectivity index is 1.35. The summed E-state index contributed by atoms with van der Waals surface area (Å²) in [4.78, 5) is 14.4. The van der Waals surface area contributed by atoms with Crippen molar-refractivity contribution in [2.45, 2.75) is 12.8 Å². The molecule has 0 spiro atoms. The summed E-state index contributed by atoms with van der Waals surface area (Å²) in [6.45, 7) is 0. The summed E-state index contributed by atoms with van der Waals surface area (Å²) in [6, 6.07) is 24.4. The summed E-state index contributed by atoms with van der Waals surface area (Å²) in [6.07, 6.45) is 7.54. The summed E-state index contributed by atoms with van der Waals surface area (Å²) in [5.41, 5.74) is 16.3. The molecule has 0 unspecified atom stereocenters. The zero-order valence-electron chi connectivity index (χ0n) is 18.8. The summed E-state index contributed by atoms with van der Waals surface area (Å²) in [5.74, 6) is 0. The highest BCUT2D eigenvalue weighted by atomic mass is 15.0. The summed E-state index contributed by atoms with van der Waals surface area (Å²) >= 11 is 0. The topological polar surface area (TPSA) is 43.1 Å². The number of aromatic nitrogens is 4. The lowest BCUT2D eigenvalue weighted by Crippen LogP contribution is -1.93. The van der Waals surface area contributed by atoms with E-state index in [2.05, 4.69) is 64.0 Å². The fourth-order valence-electron chi connectivity index (χ4n) is 6.44. The quantitative estimate of drug-likeness (QED) is 0.243. The maximum Gasteiger partial charge on any atom is 0.148 e. The van der Waals surface area contributed by atoms with Crippen LogP contribution in [0.4, 0.5) is 0 Å². The molecule has 162 valence electrons. The smallest absolute Gasteiger partial charge is 0.148 e. The van der Waals surface area contributed by atoms with Gasteiger partial charge in [0, 0.05) is 35.8 Å². The Morgan fingerprint density at radius 2 is 1.49 bits per heavy atom. The molecule has 0 saturated heterocycles. The molecule has 0 radical (unpaired) electrons. The second-order valence-electron chi connectivity index (χ2n) is 9.70. The van der Waals surface area contributed by atoms with Crippen LogP contribution in [0.3, 0.4) is 0 Å². The molecule has 0 atom stereocenters. The number of hydrogen-bond donors (Lipinski definition) is 0. The first-order chi connectivity index (χ1) is 17.3. The van der Waals surface area contributed by atoms with Gasteiger partial charge in [-0.25, -0.2) is 4.98 Å². The van der Waals surface area contributed by atoms with Gasteiger partial charge in [0.2, 0.25) is 0 Å². The lowest BCUT2D eigenvalue weighted by Gasteiger charge is -2.08. The Morgan fingerprint density at radius 3 is 2.46 bits per heavy atom. The van der Waals surface area contributed by atoms with Crippen LogP contribution in [0, 0.1) is 0 Å². The molecule has 7 aromatic rings. The molecular formula is C31H18N4. The van der Waals surface area contributed by atoms with Gasteiger partial charge in [-0.2, -0.15) is 0 Å². The molecular weight excluding hydrogens is 428 g/mol. The highest BCUT2D eigenvalue weighted by Crippen LogP contribution is 2.46. The number of pyridine rings is 3. The van der Waals surface area contributed by atoms with Crippen molar-refractivity contribution in [1.82, 2.24) is 19.4 Å². The van der Waals surface area contributed by atoms with Crippen molar-refractivity contribution in [3.63, 3.8) is 0 Å². The molecule has 0 bridgehead atoms. The molecule has 0 saturated carbocycles. The zero-order valence-corrected chi connectivity index (χ0v) is 18.8. The van der Waals surface area contributed by atoms with Crippen molar-refractivity contribution >= 4 is 38.5 Å². The van der Waals surface area contributed by atoms with E-state index >= 15 is 0 Å². The van der Waals surface area contributed by atoms with Gasteiger partial charge in [-0.15, -0.1) is 0 Å². The fraction of sp³-hybridized carbons (Fsp3) is 0.0645. The van der Waals surface area contributed by atoms with Crippen molar-refractivity contribution in [3.8, 4) is 22.3 Å². The molecule has 0 amide bonds. The average Bonchev–Trinajstić information content (AvgIpc) is 3.58. The molecule has 2 aliphatic carbocycles. The average molecular weight is 447 g/mol. The first-order valence-corrected chi connectivity index (χ1v) is 12.0. The Labute approximate surface area is 200 Å². The number of hydrogen-bond acceptors (Lipinski definition) is 3. The number of rotatable bonds is 0. The fourth-order valence-corrected chi connectivity index (χ4v) is 6.44. The third-order valence-electron chi connectivity index (χ3n) is 7.95. The first kappa shape index (κ1) is 17.8. The highest BCUT2D eigenvalue weighted by Gasteiger charge is 2.28. The van der Waals surface area contributed by atoms with Crippen LogP contribution in [0.25, 0.3) is 60.7 Å². The minimum atomic E-state index is 0.910. The Kier molecular flexibility index (Phi) is 3.11. The third kappa shape index (κ3) is 2.15. The van der Waals surface area contributed by atoms with Crippen molar-refractivity contribution in [3.05, 3.63) is 108 Å². The molecule has 4 heterocycles.